The number of halogens is 1. The minimum Gasteiger partial charge on any atom is -0.340 e. The molecule has 0 spiro atoms. The second kappa shape index (κ2) is 6.99. The molecule has 0 aliphatic heterocycles. The van der Waals surface area contributed by atoms with Crippen LogP contribution in [0, 0.1) is 0 Å². The van der Waals surface area contributed by atoms with E-state index in [1.807, 2.05) is 48.5 Å². The van der Waals surface area contributed by atoms with Gasteiger partial charge in [0.1, 0.15) is 5.82 Å². The Balaban J connectivity index is 1.90. The lowest BCUT2D eigenvalue weighted by atomic mass is 10.1. The van der Waals surface area contributed by atoms with Gasteiger partial charge >= 0.3 is 0 Å². The van der Waals surface area contributed by atoms with Crippen LogP contribution in [0.2, 0.25) is 0 Å². The average Bonchev–Trinajstić information content (AvgIpc) is 2.56. The van der Waals surface area contributed by atoms with E-state index >= 15 is 0 Å². The lowest BCUT2D eigenvalue weighted by Gasteiger charge is -2.09. The molecule has 1 N–H and O–H groups in total. The number of benzene rings is 2. The molecule has 0 aliphatic carbocycles. The van der Waals surface area contributed by atoms with E-state index in [-0.39, 0.29) is 0 Å². The molecule has 0 aliphatic rings. The first kappa shape index (κ1) is 15.1. The summed E-state index contributed by atoms with van der Waals surface area (Å²) in [6.07, 6.45) is 2.07. The van der Waals surface area contributed by atoms with Crippen LogP contribution in [0.15, 0.2) is 76.1 Å². The van der Waals surface area contributed by atoms with Crippen LogP contribution in [0.4, 0.5) is 11.5 Å². The Morgan fingerprint density at radius 3 is 2.59 bits per heavy atom. The molecule has 2 nitrogen and oxygen atoms in total. The molecule has 0 bridgehead atoms. The molecule has 22 heavy (non-hydrogen) atoms. The standard InChI is InChI=1S/C18H15BrN2S/c1-22-14-7-4-6-13(12-14)20-18-11-5-10-17(21-18)15-8-2-3-9-16(15)19/h2-12H,1H3,(H,20,21). The number of anilines is 2. The maximum absolute atomic E-state index is 4.71. The second-order valence-electron chi connectivity index (χ2n) is 4.74. The van der Waals surface area contributed by atoms with E-state index < -0.39 is 0 Å². The van der Waals surface area contributed by atoms with Crippen molar-refractivity contribution in [2.45, 2.75) is 4.90 Å². The summed E-state index contributed by atoms with van der Waals surface area (Å²) in [6, 6.07) is 22.4. The van der Waals surface area contributed by atoms with Gasteiger partial charge in [0.2, 0.25) is 0 Å². The number of nitrogens with one attached hydrogen (secondary N) is 1. The third-order valence-corrected chi connectivity index (χ3v) is 4.66. The topological polar surface area (TPSA) is 24.9 Å². The Kier molecular flexibility index (Phi) is 4.80. The Morgan fingerprint density at radius 2 is 1.77 bits per heavy atom. The van der Waals surface area contributed by atoms with Crippen molar-refractivity contribution in [1.82, 2.24) is 4.98 Å². The van der Waals surface area contributed by atoms with Crippen molar-refractivity contribution in [3.63, 3.8) is 0 Å². The normalized spacial score (nSPS) is 10.5. The van der Waals surface area contributed by atoms with Crippen LogP contribution in [0.25, 0.3) is 11.3 Å². The van der Waals surface area contributed by atoms with Crippen LogP contribution < -0.4 is 5.32 Å². The number of aromatic nitrogens is 1. The van der Waals surface area contributed by atoms with Crippen LogP contribution in [0.3, 0.4) is 0 Å². The van der Waals surface area contributed by atoms with Gasteiger partial charge in [-0.05, 0) is 42.7 Å². The lowest BCUT2D eigenvalue weighted by molar-refractivity contribution is 1.30. The van der Waals surface area contributed by atoms with Crippen molar-refractivity contribution >= 4 is 39.2 Å². The van der Waals surface area contributed by atoms with Crippen molar-refractivity contribution in [3.05, 3.63) is 71.2 Å². The molecule has 2 aromatic carbocycles. The minimum absolute atomic E-state index is 0.839. The zero-order chi connectivity index (χ0) is 15.4. The molecule has 110 valence electrons. The molecule has 0 saturated carbocycles. The summed E-state index contributed by atoms with van der Waals surface area (Å²) in [5.41, 5.74) is 3.08. The molecule has 0 saturated heterocycles. The van der Waals surface area contributed by atoms with Gasteiger partial charge in [0.05, 0.1) is 5.69 Å². The molecule has 4 heteroatoms. The van der Waals surface area contributed by atoms with Crippen LogP contribution in [-0.2, 0) is 0 Å². The highest BCUT2D eigenvalue weighted by Gasteiger charge is 2.05. The number of nitrogens with zero attached hydrogens (tertiary/aromatic N) is 1. The molecule has 1 aromatic heterocycles. The minimum atomic E-state index is 0.839. The summed E-state index contributed by atoms with van der Waals surface area (Å²) in [4.78, 5) is 5.94. The van der Waals surface area contributed by atoms with Crippen LogP contribution in [0.1, 0.15) is 0 Å². The van der Waals surface area contributed by atoms with Gasteiger partial charge in [0, 0.05) is 20.6 Å². The predicted molar refractivity (Wildman–Crippen MR) is 98.9 cm³/mol. The average molecular weight is 371 g/mol. The molecule has 0 atom stereocenters. The van der Waals surface area contributed by atoms with Gasteiger partial charge in [-0.2, -0.15) is 0 Å². The van der Waals surface area contributed by atoms with Gasteiger partial charge < -0.3 is 5.32 Å². The molecule has 0 radical (unpaired) electrons. The van der Waals surface area contributed by atoms with Crippen molar-refractivity contribution in [3.8, 4) is 11.3 Å². The van der Waals surface area contributed by atoms with E-state index in [0.717, 1.165) is 27.2 Å². The summed E-state index contributed by atoms with van der Waals surface area (Å²) in [5.74, 6) is 0.839. The molecule has 0 amide bonds. The SMILES string of the molecule is CSc1cccc(Nc2cccc(-c3ccccc3Br)n2)c1. The fourth-order valence-corrected chi connectivity index (χ4v) is 3.12. The molecular formula is C18H15BrN2S. The second-order valence-corrected chi connectivity index (χ2v) is 6.48. The highest BCUT2D eigenvalue weighted by atomic mass is 79.9. The Bertz CT molecular complexity index is 789. The van der Waals surface area contributed by atoms with Gasteiger partial charge in [-0.1, -0.05) is 46.3 Å². The largest absolute Gasteiger partial charge is 0.340 e. The first-order valence-electron chi connectivity index (χ1n) is 6.89. The number of rotatable bonds is 4. The fourth-order valence-electron chi connectivity index (χ4n) is 2.17. The van der Waals surface area contributed by atoms with Gasteiger partial charge in [0.25, 0.3) is 0 Å². The number of hydrogen-bond acceptors (Lipinski definition) is 3. The Labute approximate surface area is 143 Å². The van der Waals surface area contributed by atoms with Crippen LogP contribution in [0.5, 0.6) is 0 Å². The summed E-state index contributed by atoms with van der Waals surface area (Å²) >= 11 is 5.31. The molecule has 0 fully saturated rings. The van der Waals surface area contributed by atoms with Crippen molar-refractivity contribution in [2.24, 2.45) is 0 Å². The van der Waals surface area contributed by atoms with Gasteiger partial charge in [-0.3, -0.25) is 0 Å². The zero-order valence-electron chi connectivity index (χ0n) is 12.1. The van der Waals surface area contributed by atoms with E-state index in [0.29, 0.717) is 0 Å². The van der Waals surface area contributed by atoms with Gasteiger partial charge in [-0.15, -0.1) is 11.8 Å². The van der Waals surface area contributed by atoms with Crippen molar-refractivity contribution in [2.75, 3.05) is 11.6 Å². The van der Waals surface area contributed by atoms with Crippen LogP contribution in [-0.4, -0.2) is 11.2 Å². The molecule has 3 aromatic rings. The van der Waals surface area contributed by atoms with E-state index in [1.165, 1.54) is 4.90 Å². The maximum Gasteiger partial charge on any atom is 0.131 e. The third-order valence-electron chi connectivity index (χ3n) is 3.24. The van der Waals surface area contributed by atoms with Gasteiger partial charge in [0.15, 0.2) is 0 Å². The molecular weight excluding hydrogens is 356 g/mol. The first-order chi connectivity index (χ1) is 10.8. The van der Waals surface area contributed by atoms with E-state index in [2.05, 4.69) is 45.7 Å². The fraction of sp³-hybridized carbons (Fsp3) is 0.0556. The van der Waals surface area contributed by atoms with Crippen molar-refractivity contribution < 1.29 is 0 Å². The van der Waals surface area contributed by atoms with E-state index in [4.69, 9.17) is 4.98 Å². The summed E-state index contributed by atoms with van der Waals surface area (Å²) in [6.45, 7) is 0. The third kappa shape index (κ3) is 3.51. The van der Waals surface area contributed by atoms with Crippen LogP contribution >= 0.6 is 27.7 Å². The maximum atomic E-state index is 4.71. The molecule has 3 rings (SSSR count). The highest BCUT2D eigenvalue weighted by Crippen LogP contribution is 2.28. The monoisotopic (exact) mass is 370 g/mol. The number of thioether (sulfide) groups is 1. The predicted octanol–water partition coefficient (Wildman–Crippen LogP) is 5.98. The smallest absolute Gasteiger partial charge is 0.131 e. The molecule has 1 heterocycles. The van der Waals surface area contributed by atoms with Gasteiger partial charge in [-0.25, -0.2) is 4.98 Å². The highest BCUT2D eigenvalue weighted by molar-refractivity contribution is 9.10. The summed E-state index contributed by atoms with van der Waals surface area (Å²) in [5, 5.41) is 3.37. The molecule has 0 unspecified atom stereocenters. The Morgan fingerprint density at radius 1 is 0.955 bits per heavy atom. The summed E-state index contributed by atoms with van der Waals surface area (Å²) < 4.78 is 1.05. The summed E-state index contributed by atoms with van der Waals surface area (Å²) in [7, 11) is 0. The number of hydrogen-bond donors (Lipinski definition) is 1. The first-order valence-corrected chi connectivity index (χ1v) is 8.91. The van der Waals surface area contributed by atoms with Crippen molar-refractivity contribution in [1.29, 1.82) is 0 Å². The zero-order valence-corrected chi connectivity index (χ0v) is 14.5. The Hall–Kier alpha value is -1.78. The quantitative estimate of drug-likeness (QED) is 0.572. The number of pyridine rings is 1. The van der Waals surface area contributed by atoms with E-state index in [1.54, 1.807) is 11.8 Å². The lowest BCUT2D eigenvalue weighted by Crippen LogP contribution is -1.95. The van der Waals surface area contributed by atoms with E-state index in [9.17, 15) is 0 Å².